The van der Waals surface area contributed by atoms with E-state index in [2.05, 4.69) is 14.9 Å². The van der Waals surface area contributed by atoms with Crippen LogP contribution in [0.15, 0.2) is 12.4 Å². The first kappa shape index (κ1) is 11.0. The fraction of sp³-hybridized carbons (Fsp3) is 0.714. The van der Waals surface area contributed by atoms with Crippen molar-refractivity contribution in [3.05, 3.63) is 18.1 Å². The minimum absolute atomic E-state index is 0.689. The Labute approximate surface area is 103 Å². The highest BCUT2D eigenvalue weighted by molar-refractivity contribution is 5.36. The summed E-state index contributed by atoms with van der Waals surface area (Å²) < 4.78 is 0. The first-order valence-corrected chi connectivity index (χ1v) is 6.81. The molecule has 1 aliphatic carbocycles. The summed E-state index contributed by atoms with van der Waals surface area (Å²) in [6.45, 7) is 4.32. The Morgan fingerprint density at radius 3 is 2.29 bits per heavy atom. The molecule has 0 radical (unpaired) electrons. The van der Waals surface area contributed by atoms with Crippen molar-refractivity contribution in [1.29, 1.82) is 0 Å². The number of rotatable bonds is 1. The van der Waals surface area contributed by atoms with Gasteiger partial charge in [-0.25, -0.2) is 4.98 Å². The molecule has 2 aliphatic rings. The molecule has 0 bridgehead atoms. The van der Waals surface area contributed by atoms with Crippen molar-refractivity contribution in [2.45, 2.75) is 45.4 Å². The van der Waals surface area contributed by atoms with Crippen LogP contribution in [0.3, 0.4) is 0 Å². The van der Waals surface area contributed by atoms with Crippen molar-refractivity contribution >= 4 is 5.82 Å². The Morgan fingerprint density at radius 1 is 1.00 bits per heavy atom. The Balaban J connectivity index is 1.66. The van der Waals surface area contributed by atoms with E-state index in [-0.39, 0.29) is 0 Å². The summed E-state index contributed by atoms with van der Waals surface area (Å²) in [6.07, 6.45) is 12.3. The lowest BCUT2D eigenvalue weighted by molar-refractivity contribution is 0.226. The third-order valence-electron chi connectivity index (χ3n) is 4.58. The molecule has 1 saturated carbocycles. The van der Waals surface area contributed by atoms with Gasteiger partial charge in [-0.2, -0.15) is 0 Å². The van der Waals surface area contributed by atoms with Crippen molar-refractivity contribution in [2.75, 3.05) is 18.0 Å². The highest BCUT2D eigenvalue weighted by Gasteiger charge is 2.37. The standard InChI is InChI=1S/C14H21N3/c1-12-10-16-13(11-15-12)17-8-6-14(7-9-17)4-2-3-5-14/h10-11H,2-9H2,1H3. The molecule has 1 aromatic heterocycles. The van der Waals surface area contributed by atoms with Gasteiger partial charge in [-0.15, -0.1) is 0 Å². The molecule has 2 fully saturated rings. The van der Waals surface area contributed by atoms with Gasteiger partial charge in [-0.05, 0) is 38.0 Å². The van der Waals surface area contributed by atoms with E-state index in [9.17, 15) is 0 Å². The lowest BCUT2D eigenvalue weighted by Gasteiger charge is -2.39. The van der Waals surface area contributed by atoms with E-state index in [0.717, 1.165) is 24.6 Å². The molecule has 2 heterocycles. The lowest BCUT2D eigenvalue weighted by atomic mass is 9.77. The number of anilines is 1. The molecular formula is C14H21N3. The predicted molar refractivity (Wildman–Crippen MR) is 69.1 cm³/mol. The van der Waals surface area contributed by atoms with E-state index < -0.39 is 0 Å². The van der Waals surface area contributed by atoms with Crippen LogP contribution in [-0.4, -0.2) is 23.1 Å². The van der Waals surface area contributed by atoms with E-state index in [4.69, 9.17) is 0 Å². The SMILES string of the molecule is Cc1cnc(N2CCC3(CCCC3)CC2)cn1. The first-order valence-electron chi connectivity index (χ1n) is 6.81. The average Bonchev–Trinajstić information content (AvgIpc) is 2.80. The van der Waals surface area contributed by atoms with E-state index in [0.29, 0.717) is 5.41 Å². The topological polar surface area (TPSA) is 29.0 Å². The third-order valence-corrected chi connectivity index (χ3v) is 4.58. The largest absolute Gasteiger partial charge is 0.355 e. The highest BCUT2D eigenvalue weighted by atomic mass is 15.2. The molecule has 1 saturated heterocycles. The highest BCUT2D eigenvalue weighted by Crippen LogP contribution is 2.46. The van der Waals surface area contributed by atoms with Crippen molar-refractivity contribution < 1.29 is 0 Å². The minimum atomic E-state index is 0.689. The van der Waals surface area contributed by atoms with Crippen LogP contribution in [0, 0.1) is 12.3 Å². The van der Waals surface area contributed by atoms with Gasteiger partial charge in [-0.3, -0.25) is 4.98 Å². The molecule has 1 aliphatic heterocycles. The van der Waals surface area contributed by atoms with Gasteiger partial charge in [0, 0.05) is 13.1 Å². The van der Waals surface area contributed by atoms with E-state index in [1.54, 1.807) is 0 Å². The van der Waals surface area contributed by atoms with Crippen LogP contribution in [0.4, 0.5) is 5.82 Å². The summed E-state index contributed by atoms with van der Waals surface area (Å²) in [5.74, 6) is 1.06. The van der Waals surface area contributed by atoms with Gasteiger partial charge in [-0.1, -0.05) is 12.8 Å². The average molecular weight is 231 g/mol. The summed E-state index contributed by atoms with van der Waals surface area (Å²) in [5, 5.41) is 0. The van der Waals surface area contributed by atoms with Crippen LogP contribution in [0.25, 0.3) is 0 Å². The van der Waals surface area contributed by atoms with E-state index in [1.165, 1.54) is 38.5 Å². The summed E-state index contributed by atoms with van der Waals surface area (Å²) in [6, 6.07) is 0. The molecule has 17 heavy (non-hydrogen) atoms. The second-order valence-corrected chi connectivity index (χ2v) is 5.71. The number of aromatic nitrogens is 2. The fourth-order valence-corrected chi connectivity index (χ4v) is 3.38. The number of piperidine rings is 1. The fourth-order valence-electron chi connectivity index (χ4n) is 3.38. The summed E-state index contributed by atoms with van der Waals surface area (Å²) in [5.41, 5.74) is 1.69. The predicted octanol–water partition coefficient (Wildman–Crippen LogP) is 2.95. The van der Waals surface area contributed by atoms with Gasteiger partial charge >= 0.3 is 0 Å². The van der Waals surface area contributed by atoms with Gasteiger partial charge in [0.1, 0.15) is 5.82 Å². The van der Waals surface area contributed by atoms with E-state index in [1.807, 2.05) is 19.3 Å². The van der Waals surface area contributed by atoms with Crippen LogP contribution in [0.5, 0.6) is 0 Å². The van der Waals surface area contributed by atoms with Crippen LogP contribution in [0.2, 0.25) is 0 Å². The molecule has 3 nitrogen and oxygen atoms in total. The van der Waals surface area contributed by atoms with Gasteiger partial charge in [0.25, 0.3) is 0 Å². The number of nitrogens with zero attached hydrogens (tertiary/aromatic N) is 3. The maximum atomic E-state index is 4.48. The molecule has 0 aromatic carbocycles. The molecule has 3 rings (SSSR count). The van der Waals surface area contributed by atoms with Gasteiger partial charge in [0.2, 0.25) is 0 Å². The number of hydrogen-bond acceptors (Lipinski definition) is 3. The minimum Gasteiger partial charge on any atom is -0.355 e. The Kier molecular flexibility index (Phi) is 2.77. The Hall–Kier alpha value is -1.12. The zero-order valence-electron chi connectivity index (χ0n) is 10.7. The van der Waals surface area contributed by atoms with Crippen molar-refractivity contribution in [2.24, 2.45) is 5.41 Å². The second kappa shape index (κ2) is 4.28. The monoisotopic (exact) mass is 231 g/mol. The number of hydrogen-bond donors (Lipinski definition) is 0. The maximum absolute atomic E-state index is 4.48. The van der Waals surface area contributed by atoms with Gasteiger partial charge in [0.05, 0.1) is 18.1 Å². The molecule has 0 amide bonds. The molecular weight excluding hydrogens is 210 g/mol. The van der Waals surface area contributed by atoms with Crippen molar-refractivity contribution in [1.82, 2.24) is 9.97 Å². The summed E-state index contributed by atoms with van der Waals surface area (Å²) in [4.78, 5) is 11.2. The maximum Gasteiger partial charge on any atom is 0.147 e. The zero-order chi connectivity index (χ0) is 11.7. The molecule has 1 spiro atoms. The van der Waals surface area contributed by atoms with Crippen LogP contribution in [-0.2, 0) is 0 Å². The summed E-state index contributed by atoms with van der Waals surface area (Å²) in [7, 11) is 0. The lowest BCUT2D eigenvalue weighted by Crippen LogP contribution is -2.39. The molecule has 92 valence electrons. The molecule has 0 unspecified atom stereocenters. The molecule has 0 N–H and O–H groups in total. The zero-order valence-corrected chi connectivity index (χ0v) is 10.7. The van der Waals surface area contributed by atoms with Crippen molar-refractivity contribution in [3.63, 3.8) is 0 Å². The smallest absolute Gasteiger partial charge is 0.147 e. The van der Waals surface area contributed by atoms with Crippen LogP contribution in [0.1, 0.15) is 44.2 Å². The van der Waals surface area contributed by atoms with Crippen LogP contribution >= 0.6 is 0 Å². The Morgan fingerprint density at radius 2 is 1.71 bits per heavy atom. The summed E-state index contributed by atoms with van der Waals surface area (Å²) >= 11 is 0. The third kappa shape index (κ3) is 2.15. The molecule has 1 aromatic rings. The number of aryl methyl sites for hydroxylation is 1. The van der Waals surface area contributed by atoms with Crippen molar-refractivity contribution in [3.8, 4) is 0 Å². The first-order chi connectivity index (χ1) is 8.27. The normalized spacial score (nSPS) is 23.2. The van der Waals surface area contributed by atoms with Gasteiger partial charge in [0.15, 0.2) is 0 Å². The van der Waals surface area contributed by atoms with Gasteiger partial charge < -0.3 is 4.90 Å². The van der Waals surface area contributed by atoms with Crippen LogP contribution < -0.4 is 4.90 Å². The Bertz CT molecular complexity index is 369. The van der Waals surface area contributed by atoms with E-state index >= 15 is 0 Å². The molecule has 0 atom stereocenters. The molecule has 3 heteroatoms. The second-order valence-electron chi connectivity index (χ2n) is 5.71. The quantitative estimate of drug-likeness (QED) is 0.744.